The number of rotatable bonds is 10. The molecular formula is C23H41O21P. The van der Waals surface area contributed by atoms with E-state index in [1.807, 2.05) is 0 Å². The molecule has 0 radical (unpaired) electrons. The van der Waals surface area contributed by atoms with E-state index in [1.54, 1.807) is 0 Å². The van der Waals surface area contributed by atoms with Crippen molar-refractivity contribution in [1.29, 1.82) is 0 Å². The number of ether oxygens (including phenoxy) is 6. The minimum absolute atomic E-state index is 0.795. The number of hydrogen-bond acceptors (Lipinski definition) is 20. The second kappa shape index (κ2) is 14.9. The Morgan fingerprint density at radius 3 is 1.67 bits per heavy atom. The molecule has 2 unspecified atom stereocenters. The van der Waals surface area contributed by atoms with E-state index in [1.165, 1.54) is 13.8 Å². The molecule has 12 N–H and O–H groups in total. The predicted octanol–water partition coefficient (Wildman–Crippen LogP) is -6.94. The highest BCUT2D eigenvalue weighted by molar-refractivity contribution is 7.47. The molecule has 20 atom stereocenters. The zero-order valence-corrected chi connectivity index (χ0v) is 24.8. The Bertz CT molecular complexity index is 1010. The first kappa shape index (κ1) is 37.3. The molecule has 4 aliphatic heterocycles. The normalized spacial score (nSPS) is 52.4. The van der Waals surface area contributed by atoms with Crippen molar-refractivity contribution in [3.63, 3.8) is 0 Å². The van der Waals surface area contributed by atoms with E-state index in [4.69, 9.17) is 37.5 Å². The topological polar surface area (TPSA) is 334 Å². The lowest BCUT2D eigenvalue weighted by molar-refractivity contribution is -0.351. The van der Waals surface area contributed by atoms with E-state index in [0.717, 1.165) is 0 Å². The number of hydrogen-bond donors (Lipinski definition) is 12. The summed E-state index contributed by atoms with van der Waals surface area (Å²) in [5, 5.41) is 111. The lowest BCUT2D eigenvalue weighted by Crippen LogP contribution is -2.64. The molecule has 21 nitrogen and oxygen atoms in total. The van der Waals surface area contributed by atoms with Gasteiger partial charge in [0.1, 0.15) is 79.4 Å². The average Bonchev–Trinajstić information content (AvgIpc) is 3.28. The highest BCUT2D eigenvalue weighted by Crippen LogP contribution is 2.50. The summed E-state index contributed by atoms with van der Waals surface area (Å²) in [5.74, 6) is 0. The van der Waals surface area contributed by atoms with Gasteiger partial charge in [0.05, 0.1) is 25.4 Å². The second-order valence-electron chi connectivity index (χ2n) is 11.2. The molecule has 264 valence electrons. The second-order valence-corrected chi connectivity index (χ2v) is 12.5. The van der Waals surface area contributed by atoms with E-state index in [0.29, 0.717) is 0 Å². The number of aliphatic hydroxyl groups is 11. The third-order valence-corrected chi connectivity index (χ3v) is 8.96. The van der Waals surface area contributed by atoms with Crippen LogP contribution in [0.2, 0.25) is 0 Å². The lowest BCUT2D eigenvalue weighted by Gasteiger charge is -2.45. The van der Waals surface area contributed by atoms with Gasteiger partial charge in [-0.05, 0) is 13.8 Å². The molecule has 4 aliphatic rings. The first-order valence-electron chi connectivity index (χ1n) is 14.0. The third kappa shape index (κ3) is 7.85. The van der Waals surface area contributed by atoms with Crippen LogP contribution in [0.5, 0.6) is 0 Å². The third-order valence-electron chi connectivity index (χ3n) is 7.97. The lowest BCUT2D eigenvalue weighted by atomic mass is 9.97. The van der Waals surface area contributed by atoms with Crippen molar-refractivity contribution in [1.82, 2.24) is 0 Å². The van der Waals surface area contributed by atoms with Crippen LogP contribution in [0.15, 0.2) is 0 Å². The molecule has 0 saturated carbocycles. The SMILES string of the molecule is C[C@@H]1O[C@@H](O[C@H]2[C@H](OP(=O)(O)O[C@@H]3[C@@H](O)[C@@H](O)[C@H](O[C@H]4[C@H](O)[C@@H](O)C(O)O[C@@H]4CO)O[C@H]3C)O[C@@H](CO)[C@@H]2O)[C@H](O)[C@H](O)[C@H]1O. The summed E-state index contributed by atoms with van der Waals surface area (Å²) in [6, 6.07) is 0. The van der Waals surface area contributed by atoms with Crippen LogP contribution in [0.25, 0.3) is 0 Å². The molecule has 0 aromatic heterocycles. The van der Waals surface area contributed by atoms with Crippen LogP contribution in [0.1, 0.15) is 13.8 Å². The summed E-state index contributed by atoms with van der Waals surface area (Å²) in [6.07, 6.45) is -32.2. The van der Waals surface area contributed by atoms with E-state index < -0.39 is 138 Å². The molecule has 45 heavy (non-hydrogen) atoms. The Kier molecular flexibility index (Phi) is 12.3. The molecule has 0 aliphatic carbocycles. The van der Waals surface area contributed by atoms with Gasteiger partial charge in [0, 0.05) is 0 Å². The van der Waals surface area contributed by atoms with Gasteiger partial charge in [-0.1, -0.05) is 0 Å². The van der Waals surface area contributed by atoms with Crippen molar-refractivity contribution in [3.8, 4) is 0 Å². The van der Waals surface area contributed by atoms with E-state index in [2.05, 4.69) is 0 Å². The maximum absolute atomic E-state index is 13.0. The Hall–Kier alpha value is -0.570. The first-order valence-corrected chi connectivity index (χ1v) is 15.5. The fourth-order valence-corrected chi connectivity index (χ4v) is 6.41. The summed E-state index contributed by atoms with van der Waals surface area (Å²) in [6.45, 7) is 0.968. The molecule has 0 amide bonds. The van der Waals surface area contributed by atoms with Gasteiger partial charge in [0.15, 0.2) is 25.2 Å². The standard InChI is InChI=1S/C23H41O21P/c1-5-9(26)11(28)15(32)21(37-5)42-19-10(27)7(3-24)40-23(19)44-45(35,36)43-17-6(2)38-22(16(33)13(17)30)41-18-8(4-25)39-20(34)14(31)12(18)29/h5-34H,3-4H2,1-2H3,(H,35,36)/t5-,6-,7-,8+,9-,10-,11+,12+,13-,14+,15+,16+,17-,18+,19+,20?,21-,22-,23-/m0/s1. The van der Waals surface area contributed by atoms with Crippen molar-refractivity contribution >= 4 is 7.82 Å². The van der Waals surface area contributed by atoms with Crippen molar-refractivity contribution in [2.45, 2.75) is 131 Å². The van der Waals surface area contributed by atoms with Gasteiger partial charge < -0.3 is 89.5 Å². The van der Waals surface area contributed by atoms with Gasteiger partial charge in [-0.25, -0.2) is 4.57 Å². The van der Waals surface area contributed by atoms with Crippen molar-refractivity contribution < 1.29 is 103 Å². The summed E-state index contributed by atoms with van der Waals surface area (Å²) in [5.41, 5.74) is 0. The molecule has 4 heterocycles. The van der Waals surface area contributed by atoms with Crippen LogP contribution in [-0.2, 0) is 42.0 Å². The van der Waals surface area contributed by atoms with Crippen molar-refractivity contribution in [2.24, 2.45) is 0 Å². The number of phosphoric acid groups is 1. The van der Waals surface area contributed by atoms with Crippen LogP contribution < -0.4 is 0 Å². The largest absolute Gasteiger partial charge is 0.475 e. The molecule has 4 saturated heterocycles. The molecule has 4 rings (SSSR count). The van der Waals surface area contributed by atoms with E-state index in [9.17, 15) is 65.6 Å². The fourth-order valence-electron chi connectivity index (χ4n) is 5.33. The van der Waals surface area contributed by atoms with Crippen LogP contribution in [0, 0.1) is 0 Å². The van der Waals surface area contributed by atoms with Gasteiger partial charge in [-0.15, -0.1) is 0 Å². The summed E-state index contributed by atoms with van der Waals surface area (Å²) in [4.78, 5) is 10.5. The number of aliphatic hydroxyl groups excluding tert-OH is 11. The molecule has 4 fully saturated rings. The zero-order valence-electron chi connectivity index (χ0n) is 23.9. The fraction of sp³-hybridized carbons (Fsp3) is 1.00. The maximum Gasteiger partial charge on any atom is 0.475 e. The molecular weight excluding hydrogens is 643 g/mol. The molecule has 0 bridgehead atoms. The first-order chi connectivity index (χ1) is 21.0. The quantitative estimate of drug-likeness (QED) is 0.0951. The van der Waals surface area contributed by atoms with Crippen LogP contribution in [0.4, 0.5) is 0 Å². The Balaban J connectivity index is 1.42. The minimum atomic E-state index is -5.35. The van der Waals surface area contributed by atoms with Gasteiger partial charge in [-0.3, -0.25) is 9.05 Å². The van der Waals surface area contributed by atoms with Crippen molar-refractivity contribution in [3.05, 3.63) is 0 Å². The van der Waals surface area contributed by atoms with Gasteiger partial charge in [-0.2, -0.15) is 0 Å². The maximum atomic E-state index is 13.0. The van der Waals surface area contributed by atoms with Gasteiger partial charge >= 0.3 is 7.82 Å². The summed E-state index contributed by atoms with van der Waals surface area (Å²) >= 11 is 0. The van der Waals surface area contributed by atoms with E-state index in [-0.39, 0.29) is 0 Å². The Morgan fingerprint density at radius 1 is 0.533 bits per heavy atom. The average molecular weight is 685 g/mol. The Morgan fingerprint density at radius 2 is 1.07 bits per heavy atom. The molecule has 22 heteroatoms. The highest BCUT2D eigenvalue weighted by Gasteiger charge is 2.55. The van der Waals surface area contributed by atoms with Gasteiger partial charge in [0.2, 0.25) is 0 Å². The monoisotopic (exact) mass is 684 g/mol. The van der Waals surface area contributed by atoms with Crippen molar-refractivity contribution in [2.75, 3.05) is 13.2 Å². The van der Waals surface area contributed by atoms with Crippen LogP contribution in [-0.4, -0.2) is 191 Å². The summed E-state index contributed by atoms with van der Waals surface area (Å²) in [7, 11) is -5.35. The molecule has 0 aromatic carbocycles. The van der Waals surface area contributed by atoms with Gasteiger partial charge in [0.25, 0.3) is 0 Å². The van der Waals surface area contributed by atoms with Crippen LogP contribution >= 0.6 is 7.82 Å². The smallest absolute Gasteiger partial charge is 0.394 e. The highest BCUT2D eigenvalue weighted by atomic mass is 31.2. The summed E-state index contributed by atoms with van der Waals surface area (Å²) < 4.78 is 55.1. The molecule has 0 spiro atoms. The predicted molar refractivity (Wildman–Crippen MR) is 136 cm³/mol. The zero-order chi connectivity index (χ0) is 33.5. The molecule has 0 aromatic rings. The Labute approximate surface area is 255 Å². The number of phosphoric ester groups is 1. The van der Waals surface area contributed by atoms with E-state index >= 15 is 0 Å². The minimum Gasteiger partial charge on any atom is -0.394 e. The van der Waals surface area contributed by atoms with Crippen LogP contribution in [0.3, 0.4) is 0 Å².